The van der Waals surface area contributed by atoms with Gasteiger partial charge in [-0.15, -0.1) is 0 Å². The van der Waals surface area contributed by atoms with Crippen LogP contribution in [0.15, 0.2) is 18.2 Å². The summed E-state index contributed by atoms with van der Waals surface area (Å²) in [6.07, 6.45) is 2.63. The van der Waals surface area contributed by atoms with Gasteiger partial charge in [0, 0.05) is 18.2 Å². The Morgan fingerprint density at radius 3 is 2.28 bits per heavy atom. The zero-order chi connectivity index (χ0) is 13.2. The molecular weight excluding hydrogens is 234 g/mol. The van der Waals surface area contributed by atoms with Crippen molar-refractivity contribution in [2.75, 3.05) is 19.6 Å². The molecule has 18 heavy (non-hydrogen) atoms. The van der Waals surface area contributed by atoms with Gasteiger partial charge in [0.05, 0.1) is 0 Å². The van der Waals surface area contributed by atoms with Crippen molar-refractivity contribution in [1.82, 2.24) is 4.90 Å². The van der Waals surface area contributed by atoms with Crippen LogP contribution < -0.4 is 5.73 Å². The molecule has 1 aromatic carbocycles. The fourth-order valence-electron chi connectivity index (χ4n) is 2.33. The lowest BCUT2D eigenvalue weighted by atomic mass is 9.91. The molecule has 0 aliphatic carbocycles. The SMILES string of the molecule is CC1(N)CCN(CCc2cc(F)cc(F)c2)CC1. The van der Waals surface area contributed by atoms with Gasteiger partial charge in [0.25, 0.3) is 0 Å². The predicted molar refractivity (Wildman–Crippen MR) is 68.3 cm³/mol. The largest absolute Gasteiger partial charge is 0.325 e. The molecule has 1 heterocycles. The highest BCUT2D eigenvalue weighted by Crippen LogP contribution is 2.19. The molecule has 2 rings (SSSR count). The number of nitrogens with zero attached hydrogens (tertiary/aromatic N) is 1. The average Bonchev–Trinajstić information content (AvgIpc) is 2.26. The Bertz CT molecular complexity index is 388. The first-order valence-corrected chi connectivity index (χ1v) is 6.41. The average molecular weight is 254 g/mol. The van der Waals surface area contributed by atoms with Crippen LogP contribution in [0.3, 0.4) is 0 Å². The van der Waals surface area contributed by atoms with Crippen LogP contribution in [0.4, 0.5) is 8.78 Å². The number of halogens is 2. The van der Waals surface area contributed by atoms with Crippen molar-refractivity contribution < 1.29 is 8.78 Å². The van der Waals surface area contributed by atoms with Gasteiger partial charge in [-0.05, 0) is 57.0 Å². The van der Waals surface area contributed by atoms with Crippen molar-refractivity contribution in [3.63, 3.8) is 0 Å². The minimum atomic E-state index is -0.502. The molecule has 0 amide bonds. The minimum Gasteiger partial charge on any atom is -0.325 e. The molecule has 0 radical (unpaired) electrons. The molecule has 2 N–H and O–H groups in total. The zero-order valence-corrected chi connectivity index (χ0v) is 10.8. The van der Waals surface area contributed by atoms with E-state index in [-0.39, 0.29) is 5.54 Å². The van der Waals surface area contributed by atoms with Crippen LogP contribution in [0.25, 0.3) is 0 Å². The highest BCUT2D eigenvalue weighted by Gasteiger charge is 2.25. The molecule has 0 bridgehead atoms. The molecule has 0 spiro atoms. The summed E-state index contributed by atoms with van der Waals surface area (Å²) < 4.78 is 26.1. The monoisotopic (exact) mass is 254 g/mol. The first kappa shape index (κ1) is 13.4. The van der Waals surface area contributed by atoms with E-state index in [9.17, 15) is 8.78 Å². The van der Waals surface area contributed by atoms with Crippen LogP contribution in [-0.4, -0.2) is 30.1 Å². The molecule has 4 heteroatoms. The summed E-state index contributed by atoms with van der Waals surface area (Å²) >= 11 is 0. The Morgan fingerprint density at radius 2 is 1.72 bits per heavy atom. The predicted octanol–water partition coefficient (Wildman–Crippen LogP) is 2.32. The number of piperidine rings is 1. The lowest BCUT2D eigenvalue weighted by Crippen LogP contribution is -2.48. The molecular formula is C14H20F2N2. The van der Waals surface area contributed by atoms with E-state index in [0.717, 1.165) is 38.5 Å². The quantitative estimate of drug-likeness (QED) is 0.897. The Labute approximate surface area is 107 Å². The Balaban J connectivity index is 1.85. The fourth-order valence-corrected chi connectivity index (χ4v) is 2.33. The first-order valence-electron chi connectivity index (χ1n) is 6.41. The van der Waals surface area contributed by atoms with E-state index in [2.05, 4.69) is 11.8 Å². The van der Waals surface area contributed by atoms with Crippen LogP contribution in [0.1, 0.15) is 25.3 Å². The van der Waals surface area contributed by atoms with Crippen molar-refractivity contribution in [3.05, 3.63) is 35.4 Å². The number of nitrogens with two attached hydrogens (primary N) is 1. The molecule has 1 fully saturated rings. The molecule has 1 saturated heterocycles. The van der Waals surface area contributed by atoms with Gasteiger partial charge in [-0.3, -0.25) is 0 Å². The topological polar surface area (TPSA) is 29.3 Å². The van der Waals surface area contributed by atoms with E-state index in [1.54, 1.807) is 0 Å². The molecule has 0 unspecified atom stereocenters. The Kier molecular flexibility index (Phi) is 3.97. The summed E-state index contributed by atoms with van der Waals surface area (Å²) in [5, 5.41) is 0. The van der Waals surface area contributed by atoms with E-state index in [1.807, 2.05) is 0 Å². The van der Waals surface area contributed by atoms with E-state index >= 15 is 0 Å². The second kappa shape index (κ2) is 5.33. The molecule has 1 aliphatic rings. The Morgan fingerprint density at radius 1 is 1.17 bits per heavy atom. The van der Waals surface area contributed by atoms with Crippen molar-refractivity contribution in [3.8, 4) is 0 Å². The van der Waals surface area contributed by atoms with Crippen LogP contribution >= 0.6 is 0 Å². The molecule has 1 aromatic rings. The second-order valence-electron chi connectivity index (χ2n) is 5.52. The second-order valence-corrected chi connectivity index (χ2v) is 5.52. The van der Waals surface area contributed by atoms with E-state index in [0.29, 0.717) is 12.0 Å². The minimum absolute atomic E-state index is 0.0541. The van der Waals surface area contributed by atoms with E-state index in [1.165, 1.54) is 12.1 Å². The first-order chi connectivity index (χ1) is 8.44. The van der Waals surface area contributed by atoms with Gasteiger partial charge in [0.1, 0.15) is 11.6 Å². The summed E-state index contributed by atoms with van der Waals surface area (Å²) in [5.41, 5.74) is 6.72. The van der Waals surface area contributed by atoms with Crippen LogP contribution in [0.2, 0.25) is 0 Å². The van der Waals surface area contributed by atoms with Crippen molar-refractivity contribution >= 4 is 0 Å². The third-order valence-corrected chi connectivity index (χ3v) is 3.64. The number of hydrogen-bond donors (Lipinski definition) is 1. The summed E-state index contributed by atoms with van der Waals surface area (Å²) in [7, 11) is 0. The Hall–Kier alpha value is -1.00. The van der Waals surface area contributed by atoms with Crippen molar-refractivity contribution in [1.29, 1.82) is 0 Å². The third-order valence-electron chi connectivity index (χ3n) is 3.64. The van der Waals surface area contributed by atoms with E-state index in [4.69, 9.17) is 5.73 Å². The van der Waals surface area contributed by atoms with Gasteiger partial charge in [-0.25, -0.2) is 8.78 Å². The van der Waals surface area contributed by atoms with Crippen molar-refractivity contribution in [2.24, 2.45) is 5.73 Å². The van der Waals surface area contributed by atoms with Crippen LogP contribution in [-0.2, 0) is 6.42 Å². The fraction of sp³-hybridized carbons (Fsp3) is 0.571. The van der Waals surface area contributed by atoms with Gasteiger partial charge in [-0.1, -0.05) is 0 Å². The number of likely N-dealkylation sites (tertiary alicyclic amines) is 1. The zero-order valence-electron chi connectivity index (χ0n) is 10.8. The van der Waals surface area contributed by atoms with Gasteiger partial charge in [0.15, 0.2) is 0 Å². The summed E-state index contributed by atoms with van der Waals surface area (Å²) in [4.78, 5) is 2.30. The lowest BCUT2D eigenvalue weighted by molar-refractivity contribution is 0.173. The van der Waals surface area contributed by atoms with Crippen LogP contribution in [0.5, 0.6) is 0 Å². The number of benzene rings is 1. The molecule has 2 nitrogen and oxygen atoms in total. The smallest absolute Gasteiger partial charge is 0.126 e. The number of rotatable bonds is 3. The van der Waals surface area contributed by atoms with Crippen molar-refractivity contribution in [2.45, 2.75) is 31.7 Å². The summed E-state index contributed by atoms with van der Waals surface area (Å²) in [5.74, 6) is -1.00. The molecule has 0 saturated carbocycles. The highest BCUT2D eigenvalue weighted by atomic mass is 19.1. The standard InChI is InChI=1S/C14H20F2N2/c1-14(17)3-6-18(7-4-14)5-2-11-8-12(15)10-13(16)9-11/h8-10H,2-7,17H2,1H3. The highest BCUT2D eigenvalue weighted by molar-refractivity contribution is 5.18. The third kappa shape index (κ3) is 3.75. The molecule has 1 aliphatic heterocycles. The molecule has 100 valence electrons. The normalized spacial score (nSPS) is 20.0. The van der Waals surface area contributed by atoms with Gasteiger partial charge in [-0.2, -0.15) is 0 Å². The maximum atomic E-state index is 13.0. The maximum Gasteiger partial charge on any atom is 0.126 e. The number of hydrogen-bond acceptors (Lipinski definition) is 2. The molecule has 0 atom stereocenters. The van der Waals surface area contributed by atoms with E-state index < -0.39 is 11.6 Å². The summed E-state index contributed by atoms with van der Waals surface area (Å²) in [6, 6.07) is 3.71. The molecule has 0 aromatic heterocycles. The summed E-state index contributed by atoms with van der Waals surface area (Å²) in [6.45, 7) is 4.83. The van der Waals surface area contributed by atoms with Gasteiger partial charge in [0.2, 0.25) is 0 Å². The van der Waals surface area contributed by atoms with Gasteiger partial charge < -0.3 is 10.6 Å². The van der Waals surface area contributed by atoms with Crippen LogP contribution in [0, 0.1) is 11.6 Å². The van der Waals surface area contributed by atoms with Gasteiger partial charge >= 0.3 is 0 Å². The maximum absolute atomic E-state index is 13.0. The lowest BCUT2D eigenvalue weighted by Gasteiger charge is -2.36.